The van der Waals surface area contributed by atoms with Gasteiger partial charge < -0.3 is 15.0 Å². The molecule has 38 heavy (non-hydrogen) atoms. The van der Waals surface area contributed by atoms with Gasteiger partial charge in [-0.1, -0.05) is 25.5 Å². The summed E-state index contributed by atoms with van der Waals surface area (Å²) in [6, 6.07) is 1.73. The molecule has 2 aromatic heterocycles. The molecule has 0 bridgehead atoms. The van der Waals surface area contributed by atoms with Gasteiger partial charge in [0.1, 0.15) is 5.82 Å². The summed E-state index contributed by atoms with van der Waals surface area (Å²) in [5, 5.41) is 8.10. The van der Waals surface area contributed by atoms with Crippen molar-refractivity contribution in [2.75, 3.05) is 25.0 Å². The lowest BCUT2D eigenvalue weighted by atomic mass is 9.95. The number of amides is 2. The number of carbonyl (C=O) groups is 2. The molecule has 9 nitrogen and oxygen atoms in total. The molecule has 206 valence electrons. The van der Waals surface area contributed by atoms with Crippen LogP contribution in [0.4, 0.5) is 19.0 Å². The smallest absolute Gasteiger partial charge is 0.422 e. The van der Waals surface area contributed by atoms with Gasteiger partial charge >= 0.3 is 6.18 Å². The van der Waals surface area contributed by atoms with Crippen molar-refractivity contribution in [3.63, 3.8) is 0 Å². The standard InChI is InChI=1S/C26H33F3N6O3/c1-16(2)25(37)34-10-7-19(8-11-34)23(36)32-22-20-14-35(33-21(20)6-9-31-22)13-17(3)12-18(4)24(30-5)38-15-26(27,28)29/h6,9,12,14,16,19H,5,7-8,10-11,13,15H2,1-4H3,(H,31,32,36)/b17-12+,24-18+. The molecule has 1 aliphatic heterocycles. The first-order valence-electron chi connectivity index (χ1n) is 12.3. The second-order valence-electron chi connectivity index (χ2n) is 9.70. The summed E-state index contributed by atoms with van der Waals surface area (Å²) in [6.07, 6.45) is 1.68. The van der Waals surface area contributed by atoms with E-state index in [9.17, 15) is 22.8 Å². The maximum absolute atomic E-state index is 12.9. The molecule has 0 spiro atoms. The number of rotatable bonds is 9. The van der Waals surface area contributed by atoms with Crippen LogP contribution in [-0.4, -0.2) is 64.1 Å². The molecule has 2 aromatic rings. The number of halogens is 3. The highest BCUT2D eigenvalue weighted by Gasteiger charge is 2.30. The molecular formula is C26H33F3N6O3. The van der Waals surface area contributed by atoms with Crippen LogP contribution in [0.2, 0.25) is 0 Å². The number of pyridine rings is 1. The lowest BCUT2D eigenvalue weighted by Gasteiger charge is -2.32. The van der Waals surface area contributed by atoms with Gasteiger partial charge in [0.05, 0.1) is 17.4 Å². The Morgan fingerprint density at radius 3 is 2.58 bits per heavy atom. The Kier molecular flexibility index (Phi) is 9.29. The molecule has 3 heterocycles. The van der Waals surface area contributed by atoms with Crippen LogP contribution < -0.4 is 5.32 Å². The molecule has 0 radical (unpaired) electrons. The van der Waals surface area contributed by atoms with E-state index in [0.29, 0.717) is 54.8 Å². The Morgan fingerprint density at radius 2 is 1.97 bits per heavy atom. The zero-order valence-corrected chi connectivity index (χ0v) is 22.0. The minimum absolute atomic E-state index is 0.0689. The van der Waals surface area contributed by atoms with Crippen LogP contribution in [0.15, 0.2) is 46.6 Å². The van der Waals surface area contributed by atoms with Crippen molar-refractivity contribution in [2.24, 2.45) is 16.8 Å². The van der Waals surface area contributed by atoms with E-state index >= 15 is 0 Å². The van der Waals surface area contributed by atoms with Crippen LogP contribution in [-0.2, 0) is 20.9 Å². The topological polar surface area (TPSA) is 102 Å². The number of aliphatic imine (C=N–C) groups is 1. The fourth-order valence-electron chi connectivity index (χ4n) is 4.29. The first-order valence-corrected chi connectivity index (χ1v) is 12.3. The Balaban J connectivity index is 1.68. The SMILES string of the molecule is C=N/C(OCC(F)(F)F)=C(C)\C=C(/C)Cn1cc2c(NC(=O)C3CCN(C(=O)C(C)C)CC3)nccc2n1. The summed E-state index contributed by atoms with van der Waals surface area (Å²) >= 11 is 0. The first kappa shape index (κ1) is 28.9. The van der Waals surface area contributed by atoms with E-state index in [1.54, 1.807) is 48.0 Å². The molecule has 0 unspecified atom stereocenters. The van der Waals surface area contributed by atoms with Crippen LogP contribution >= 0.6 is 0 Å². The number of likely N-dealkylation sites (tertiary alicyclic amines) is 1. The molecule has 0 atom stereocenters. The van der Waals surface area contributed by atoms with E-state index in [0.717, 1.165) is 5.57 Å². The summed E-state index contributed by atoms with van der Waals surface area (Å²) in [5.74, 6) is -0.124. The summed E-state index contributed by atoms with van der Waals surface area (Å²) < 4.78 is 43.8. The third-order valence-corrected chi connectivity index (χ3v) is 6.12. The van der Waals surface area contributed by atoms with Crippen LogP contribution in [0.5, 0.6) is 0 Å². The number of nitrogens with one attached hydrogen (secondary N) is 1. The number of ether oxygens (including phenoxy) is 1. The summed E-state index contributed by atoms with van der Waals surface area (Å²) in [6.45, 7) is 10.4. The minimum Gasteiger partial charge on any atom is -0.468 e. The summed E-state index contributed by atoms with van der Waals surface area (Å²) in [5.41, 5.74) is 1.82. The van der Waals surface area contributed by atoms with Crippen molar-refractivity contribution in [2.45, 2.75) is 53.3 Å². The van der Waals surface area contributed by atoms with Crippen molar-refractivity contribution in [3.05, 3.63) is 41.6 Å². The van der Waals surface area contributed by atoms with Gasteiger partial charge in [-0.05, 0) is 39.5 Å². The van der Waals surface area contributed by atoms with Crippen LogP contribution in [0, 0.1) is 11.8 Å². The molecule has 1 fully saturated rings. The number of nitrogens with zero attached hydrogens (tertiary/aromatic N) is 5. The summed E-state index contributed by atoms with van der Waals surface area (Å²) in [4.78, 5) is 34.8. The fraction of sp³-hybridized carbons (Fsp3) is 0.500. The quantitative estimate of drug-likeness (QED) is 0.285. The lowest BCUT2D eigenvalue weighted by molar-refractivity contribution is -0.165. The highest BCUT2D eigenvalue weighted by Crippen LogP contribution is 2.25. The van der Waals surface area contributed by atoms with Crippen LogP contribution in [0.3, 0.4) is 0 Å². The van der Waals surface area contributed by atoms with Crippen molar-refractivity contribution in [1.82, 2.24) is 19.7 Å². The third kappa shape index (κ3) is 7.65. The third-order valence-electron chi connectivity index (χ3n) is 6.12. The van der Waals surface area contributed by atoms with Gasteiger partial charge in [-0.3, -0.25) is 14.3 Å². The number of aromatic nitrogens is 3. The summed E-state index contributed by atoms with van der Waals surface area (Å²) in [7, 11) is 0. The number of piperidine rings is 1. The monoisotopic (exact) mass is 534 g/mol. The van der Waals surface area contributed by atoms with Gasteiger partial charge in [-0.25, -0.2) is 9.98 Å². The number of carbonyl (C=O) groups excluding carboxylic acids is 2. The van der Waals surface area contributed by atoms with Gasteiger partial charge in [-0.2, -0.15) is 18.3 Å². The lowest BCUT2D eigenvalue weighted by Crippen LogP contribution is -2.43. The predicted octanol–water partition coefficient (Wildman–Crippen LogP) is 4.72. The van der Waals surface area contributed by atoms with E-state index in [4.69, 9.17) is 4.74 Å². The molecule has 3 rings (SSSR count). The maximum Gasteiger partial charge on any atom is 0.422 e. The Morgan fingerprint density at radius 1 is 1.29 bits per heavy atom. The molecule has 1 N–H and O–H groups in total. The molecule has 1 aliphatic rings. The number of fused-ring (bicyclic) bond motifs is 1. The van der Waals surface area contributed by atoms with Crippen molar-refractivity contribution in [1.29, 1.82) is 0 Å². The van der Waals surface area contributed by atoms with Gasteiger partial charge in [0.2, 0.25) is 17.7 Å². The second-order valence-corrected chi connectivity index (χ2v) is 9.70. The van der Waals surface area contributed by atoms with E-state index in [1.165, 1.54) is 0 Å². The Hall–Kier alpha value is -3.70. The average Bonchev–Trinajstić information content (AvgIpc) is 3.26. The average molecular weight is 535 g/mol. The van der Waals surface area contributed by atoms with E-state index in [1.807, 2.05) is 13.8 Å². The zero-order chi connectivity index (χ0) is 28.0. The van der Waals surface area contributed by atoms with Gasteiger partial charge in [0, 0.05) is 42.9 Å². The molecule has 1 saturated heterocycles. The largest absolute Gasteiger partial charge is 0.468 e. The van der Waals surface area contributed by atoms with Crippen molar-refractivity contribution < 1.29 is 27.5 Å². The zero-order valence-electron chi connectivity index (χ0n) is 22.0. The molecule has 0 aliphatic carbocycles. The van der Waals surface area contributed by atoms with Gasteiger partial charge in [0.15, 0.2) is 6.61 Å². The normalized spacial score (nSPS) is 16.0. The first-order chi connectivity index (χ1) is 17.9. The predicted molar refractivity (Wildman–Crippen MR) is 138 cm³/mol. The molecule has 0 saturated carbocycles. The second kappa shape index (κ2) is 12.2. The van der Waals surface area contributed by atoms with Crippen LogP contribution in [0.1, 0.15) is 40.5 Å². The highest BCUT2D eigenvalue weighted by molar-refractivity contribution is 6.00. The number of allylic oxidation sites excluding steroid dienone is 3. The van der Waals surface area contributed by atoms with E-state index in [-0.39, 0.29) is 29.5 Å². The number of hydrogen-bond donors (Lipinski definition) is 1. The number of hydrogen-bond acceptors (Lipinski definition) is 6. The Bertz CT molecular complexity index is 1240. The van der Waals surface area contributed by atoms with Gasteiger partial charge in [-0.15, -0.1) is 0 Å². The van der Waals surface area contributed by atoms with Gasteiger partial charge in [0.25, 0.3) is 0 Å². The Labute approximate surface area is 219 Å². The maximum atomic E-state index is 12.9. The van der Waals surface area contributed by atoms with Crippen molar-refractivity contribution in [3.8, 4) is 0 Å². The molecule has 0 aromatic carbocycles. The molecule has 2 amide bonds. The van der Waals surface area contributed by atoms with E-state index < -0.39 is 12.8 Å². The molecular weight excluding hydrogens is 501 g/mol. The molecule has 12 heteroatoms. The van der Waals surface area contributed by atoms with E-state index in [2.05, 4.69) is 27.1 Å². The van der Waals surface area contributed by atoms with Crippen molar-refractivity contribution >= 4 is 35.3 Å². The van der Waals surface area contributed by atoms with Crippen LogP contribution in [0.25, 0.3) is 10.9 Å². The number of anilines is 1. The minimum atomic E-state index is -4.48. The fourth-order valence-corrected chi connectivity index (χ4v) is 4.29. The number of alkyl halides is 3. The highest BCUT2D eigenvalue weighted by atomic mass is 19.4.